The summed E-state index contributed by atoms with van der Waals surface area (Å²) in [5.41, 5.74) is 1.94. The first-order chi connectivity index (χ1) is 12.2. The van der Waals surface area contributed by atoms with Crippen LogP contribution in [-0.4, -0.2) is 48.5 Å². The minimum absolute atomic E-state index is 0.00464. The molecule has 2 heterocycles. The lowest BCUT2D eigenvalue weighted by atomic mass is 10.1. The van der Waals surface area contributed by atoms with Crippen LogP contribution in [0.4, 0.5) is 0 Å². The summed E-state index contributed by atoms with van der Waals surface area (Å²) in [5, 5.41) is 5.84. The molecule has 134 valence electrons. The van der Waals surface area contributed by atoms with Crippen molar-refractivity contribution in [3.05, 3.63) is 35.9 Å². The van der Waals surface area contributed by atoms with Crippen LogP contribution in [0, 0.1) is 0 Å². The molecule has 2 aliphatic rings. The number of carbonyl (C=O) groups excluding carboxylic acids is 2. The first kappa shape index (κ1) is 17.6. The van der Waals surface area contributed by atoms with E-state index in [1.165, 1.54) is 5.01 Å². The molecule has 6 nitrogen and oxygen atoms in total. The van der Waals surface area contributed by atoms with Crippen LogP contribution in [0.25, 0.3) is 0 Å². The van der Waals surface area contributed by atoms with Gasteiger partial charge in [-0.1, -0.05) is 30.3 Å². The topological polar surface area (TPSA) is 68.2 Å². The van der Waals surface area contributed by atoms with Crippen molar-refractivity contribution in [1.82, 2.24) is 5.01 Å². The third-order valence-corrected chi connectivity index (χ3v) is 4.44. The van der Waals surface area contributed by atoms with Crippen LogP contribution < -0.4 is 0 Å². The van der Waals surface area contributed by atoms with Crippen molar-refractivity contribution < 1.29 is 19.1 Å². The predicted molar refractivity (Wildman–Crippen MR) is 93.1 cm³/mol. The number of carbonyl (C=O) groups is 2. The van der Waals surface area contributed by atoms with E-state index in [0.29, 0.717) is 6.54 Å². The maximum absolute atomic E-state index is 12.2. The lowest BCUT2D eigenvalue weighted by molar-refractivity contribution is -0.150. The van der Waals surface area contributed by atoms with Gasteiger partial charge in [-0.15, -0.1) is 0 Å². The van der Waals surface area contributed by atoms with Crippen LogP contribution in [-0.2, 0) is 19.1 Å². The highest BCUT2D eigenvalue weighted by Crippen LogP contribution is 2.16. The molecular formula is C19H24N2O4. The number of nitrogens with zero attached hydrogens (tertiary/aromatic N) is 2. The van der Waals surface area contributed by atoms with Gasteiger partial charge in [0.15, 0.2) is 0 Å². The van der Waals surface area contributed by atoms with Gasteiger partial charge < -0.3 is 9.47 Å². The van der Waals surface area contributed by atoms with Crippen LogP contribution in [0.15, 0.2) is 35.4 Å². The second-order valence-corrected chi connectivity index (χ2v) is 6.35. The molecule has 0 spiro atoms. The first-order valence-corrected chi connectivity index (χ1v) is 8.93. The Hall–Kier alpha value is -2.21. The number of hydrazone groups is 1. The van der Waals surface area contributed by atoms with E-state index < -0.39 is 0 Å². The minimum Gasteiger partial charge on any atom is -0.463 e. The molecular weight excluding hydrogens is 320 g/mol. The molecule has 2 aliphatic heterocycles. The molecule has 1 atom stereocenters. The normalized spacial score (nSPS) is 20.2. The number of benzene rings is 1. The summed E-state index contributed by atoms with van der Waals surface area (Å²) in [6, 6.07) is 9.82. The molecule has 1 saturated heterocycles. The van der Waals surface area contributed by atoms with E-state index >= 15 is 0 Å². The molecule has 0 radical (unpaired) electrons. The average Bonchev–Trinajstić information content (AvgIpc) is 3.16. The Balaban J connectivity index is 1.40. The van der Waals surface area contributed by atoms with Gasteiger partial charge in [-0.05, 0) is 24.8 Å². The minimum atomic E-state index is -0.353. The van der Waals surface area contributed by atoms with Crippen LogP contribution in [0.3, 0.4) is 0 Å². The van der Waals surface area contributed by atoms with Gasteiger partial charge in [0.1, 0.15) is 6.61 Å². The molecule has 0 bridgehead atoms. The number of rotatable bonds is 6. The molecule has 3 rings (SSSR count). The Labute approximate surface area is 147 Å². The van der Waals surface area contributed by atoms with Gasteiger partial charge in [0.2, 0.25) is 5.91 Å². The molecule has 0 aromatic heterocycles. The summed E-state index contributed by atoms with van der Waals surface area (Å²) in [6.07, 6.45) is 4.05. The van der Waals surface area contributed by atoms with Crippen molar-refractivity contribution in [3.63, 3.8) is 0 Å². The van der Waals surface area contributed by atoms with Crippen molar-refractivity contribution in [2.24, 2.45) is 5.10 Å². The highest BCUT2D eigenvalue weighted by atomic mass is 16.6. The van der Waals surface area contributed by atoms with E-state index in [4.69, 9.17) is 9.47 Å². The molecule has 1 amide bonds. The van der Waals surface area contributed by atoms with E-state index in [9.17, 15) is 9.59 Å². The summed E-state index contributed by atoms with van der Waals surface area (Å²) >= 11 is 0. The van der Waals surface area contributed by atoms with Crippen molar-refractivity contribution in [1.29, 1.82) is 0 Å². The lowest BCUT2D eigenvalue weighted by Gasteiger charge is -2.22. The van der Waals surface area contributed by atoms with E-state index in [2.05, 4.69) is 5.10 Å². The Morgan fingerprint density at radius 2 is 2.04 bits per heavy atom. The fourth-order valence-electron chi connectivity index (χ4n) is 3.01. The van der Waals surface area contributed by atoms with Gasteiger partial charge >= 0.3 is 5.97 Å². The van der Waals surface area contributed by atoms with Crippen molar-refractivity contribution in [2.75, 3.05) is 19.8 Å². The Morgan fingerprint density at radius 3 is 2.80 bits per heavy atom. The fourth-order valence-corrected chi connectivity index (χ4v) is 3.01. The SMILES string of the molecule is O=C(CCC(=O)N1CCC(c2ccccc2)=N1)OCC1CCCCO1. The zero-order valence-corrected chi connectivity index (χ0v) is 14.4. The summed E-state index contributed by atoms with van der Waals surface area (Å²) in [7, 11) is 0. The number of hydrogen-bond donors (Lipinski definition) is 0. The second-order valence-electron chi connectivity index (χ2n) is 6.35. The number of esters is 1. The Bertz CT molecular complexity index is 624. The van der Waals surface area contributed by atoms with E-state index in [0.717, 1.165) is 43.6 Å². The van der Waals surface area contributed by atoms with Gasteiger partial charge in [0.05, 0.1) is 24.8 Å². The highest BCUT2D eigenvalue weighted by molar-refractivity contribution is 6.02. The lowest BCUT2D eigenvalue weighted by Crippen LogP contribution is -2.27. The smallest absolute Gasteiger partial charge is 0.306 e. The zero-order chi connectivity index (χ0) is 17.5. The molecule has 1 unspecified atom stereocenters. The highest BCUT2D eigenvalue weighted by Gasteiger charge is 2.22. The molecule has 0 aliphatic carbocycles. The van der Waals surface area contributed by atoms with Gasteiger partial charge in [0.25, 0.3) is 0 Å². The van der Waals surface area contributed by atoms with Crippen LogP contribution >= 0.6 is 0 Å². The summed E-state index contributed by atoms with van der Waals surface area (Å²) in [6.45, 7) is 1.58. The standard InChI is InChI=1S/C19H24N2O4/c22-18(9-10-19(23)25-14-16-8-4-5-13-24-16)21-12-11-17(20-21)15-6-2-1-3-7-15/h1-3,6-7,16H,4-5,8-14H2. The summed E-state index contributed by atoms with van der Waals surface area (Å²) in [4.78, 5) is 24.0. The van der Waals surface area contributed by atoms with Gasteiger partial charge in [0, 0.05) is 19.4 Å². The van der Waals surface area contributed by atoms with Gasteiger partial charge in [-0.3, -0.25) is 9.59 Å². The second kappa shape index (κ2) is 8.76. The van der Waals surface area contributed by atoms with Crippen LogP contribution in [0.5, 0.6) is 0 Å². The monoisotopic (exact) mass is 344 g/mol. The predicted octanol–water partition coefficient (Wildman–Crippen LogP) is 2.52. The largest absolute Gasteiger partial charge is 0.463 e. The van der Waals surface area contributed by atoms with Gasteiger partial charge in [-0.2, -0.15) is 5.10 Å². The molecule has 25 heavy (non-hydrogen) atoms. The van der Waals surface area contributed by atoms with E-state index in [1.807, 2.05) is 30.3 Å². The average molecular weight is 344 g/mol. The third kappa shape index (κ3) is 5.13. The van der Waals surface area contributed by atoms with Crippen LogP contribution in [0.2, 0.25) is 0 Å². The molecule has 0 N–H and O–H groups in total. The van der Waals surface area contributed by atoms with Crippen molar-refractivity contribution >= 4 is 17.6 Å². The molecule has 6 heteroatoms. The Kier molecular flexibility index (Phi) is 6.17. The molecule has 1 fully saturated rings. The quantitative estimate of drug-likeness (QED) is 0.744. The molecule has 1 aromatic carbocycles. The molecule has 1 aromatic rings. The maximum atomic E-state index is 12.2. The molecule has 0 saturated carbocycles. The number of ether oxygens (including phenoxy) is 2. The summed E-state index contributed by atoms with van der Waals surface area (Å²) in [5.74, 6) is -0.495. The van der Waals surface area contributed by atoms with E-state index in [1.54, 1.807) is 0 Å². The first-order valence-electron chi connectivity index (χ1n) is 8.93. The fraction of sp³-hybridized carbons (Fsp3) is 0.526. The van der Waals surface area contributed by atoms with Crippen molar-refractivity contribution in [2.45, 2.75) is 44.6 Å². The van der Waals surface area contributed by atoms with Gasteiger partial charge in [-0.25, -0.2) is 5.01 Å². The summed E-state index contributed by atoms with van der Waals surface area (Å²) < 4.78 is 10.7. The number of amides is 1. The Morgan fingerprint density at radius 1 is 1.20 bits per heavy atom. The van der Waals surface area contributed by atoms with Crippen molar-refractivity contribution in [3.8, 4) is 0 Å². The van der Waals surface area contributed by atoms with Crippen LogP contribution in [0.1, 0.15) is 44.1 Å². The zero-order valence-electron chi connectivity index (χ0n) is 14.4. The van der Waals surface area contributed by atoms with E-state index in [-0.39, 0.29) is 37.4 Å². The third-order valence-electron chi connectivity index (χ3n) is 4.44. The number of hydrogen-bond acceptors (Lipinski definition) is 5. The maximum Gasteiger partial charge on any atom is 0.306 e.